The number of benzene rings is 2. The Kier molecular flexibility index (Phi) is 2.91. The number of halogens is 3. The van der Waals surface area contributed by atoms with Crippen molar-refractivity contribution in [1.29, 1.82) is 0 Å². The number of rotatable bonds is 2. The Morgan fingerprint density at radius 2 is 1.41 bits per heavy atom. The molecule has 0 aliphatic rings. The van der Waals surface area contributed by atoms with E-state index in [1.54, 1.807) is 0 Å². The number of nitrogen functional groups attached to an aromatic ring is 1. The third-order valence-corrected chi connectivity index (χ3v) is 2.15. The SMILES string of the molecule is Nc1c(F)cccc1Oc1cccc(F)c1F. The summed E-state index contributed by atoms with van der Waals surface area (Å²) in [5, 5.41) is 0. The zero-order valence-electron chi connectivity index (χ0n) is 8.58. The first-order valence-electron chi connectivity index (χ1n) is 4.75. The summed E-state index contributed by atoms with van der Waals surface area (Å²) in [6, 6.07) is 7.33. The maximum absolute atomic E-state index is 13.3. The van der Waals surface area contributed by atoms with Gasteiger partial charge in [0.25, 0.3) is 0 Å². The predicted octanol–water partition coefficient (Wildman–Crippen LogP) is 3.48. The van der Waals surface area contributed by atoms with Gasteiger partial charge in [-0.3, -0.25) is 0 Å². The van der Waals surface area contributed by atoms with Crippen LogP contribution < -0.4 is 10.5 Å². The Hall–Kier alpha value is -2.17. The molecule has 2 aromatic carbocycles. The monoisotopic (exact) mass is 239 g/mol. The number of anilines is 1. The first-order chi connectivity index (χ1) is 8.09. The molecule has 2 nitrogen and oxygen atoms in total. The van der Waals surface area contributed by atoms with Crippen LogP contribution in [0.15, 0.2) is 36.4 Å². The highest BCUT2D eigenvalue weighted by molar-refractivity contribution is 5.54. The highest BCUT2D eigenvalue weighted by Crippen LogP contribution is 2.31. The molecule has 0 aliphatic carbocycles. The zero-order chi connectivity index (χ0) is 12.4. The third kappa shape index (κ3) is 2.18. The third-order valence-electron chi connectivity index (χ3n) is 2.15. The molecule has 0 amide bonds. The molecule has 0 bridgehead atoms. The van der Waals surface area contributed by atoms with Gasteiger partial charge in [0.2, 0.25) is 5.82 Å². The van der Waals surface area contributed by atoms with Crippen LogP contribution in [0, 0.1) is 17.5 Å². The molecule has 0 radical (unpaired) electrons. The fraction of sp³-hybridized carbons (Fsp3) is 0. The molecule has 0 saturated heterocycles. The van der Waals surface area contributed by atoms with Crippen LogP contribution in [0.4, 0.5) is 18.9 Å². The molecule has 0 spiro atoms. The second kappa shape index (κ2) is 4.37. The molecule has 88 valence electrons. The lowest BCUT2D eigenvalue weighted by Crippen LogP contribution is -1.97. The largest absolute Gasteiger partial charge is 0.452 e. The van der Waals surface area contributed by atoms with E-state index in [0.717, 1.165) is 12.1 Å². The van der Waals surface area contributed by atoms with Crippen LogP contribution in [-0.4, -0.2) is 0 Å². The average Bonchev–Trinajstić information content (AvgIpc) is 2.31. The van der Waals surface area contributed by atoms with Crippen LogP contribution in [0.3, 0.4) is 0 Å². The van der Waals surface area contributed by atoms with Crippen LogP contribution in [0.1, 0.15) is 0 Å². The number of nitrogens with two attached hydrogens (primary N) is 1. The minimum atomic E-state index is -1.14. The van der Waals surface area contributed by atoms with E-state index in [9.17, 15) is 13.2 Å². The smallest absolute Gasteiger partial charge is 0.201 e. The first-order valence-corrected chi connectivity index (χ1v) is 4.75. The van der Waals surface area contributed by atoms with Crippen molar-refractivity contribution in [2.24, 2.45) is 0 Å². The van der Waals surface area contributed by atoms with Gasteiger partial charge >= 0.3 is 0 Å². The summed E-state index contributed by atoms with van der Waals surface area (Å²) in [5.41, 5.74) is 5.15. The highest BCUT2D eigenvalue weighted by Gasteiger charge is 2.12. The van der Waals surface area contributed by atoms with Gasteiger partial charge in [0.05, 0.1) is 0 Å². The van der Waals surface area contributed by atoms with Crippen molar-refractivity contribution in [3.05, 3.63) is 53.8 Å². The normalized spacial score (nSPS) is 10.3. The van der Waals surface area contributed by atoms with Gasteiger partial charge in [-0.05, 0) is 24.3 Å². The topological polar surface area (TPSA) is 35.2 Å². The lowest BCUT2D eigenvalue weighted by Gasteiger charge is -2.09. The lowest BCUT2D eigenvalue weighted by molar-refractivity contribution is 0.415. The quantitative estimate of drug-likeness (QED) is 0.814. The van der Waals surface area contributed by atoms with Gasteiger partial charge < -0.3 is 10.5 Å². The first kappa shape index (κ1) is 11.3. The maximum Gasteiger partial charge on any atom is 0.201 e. The van der Waals surface area contributed by atoms with E-state index in [1.807, 2.05) is 0 Å². The Labute approximate surface area is 95.4 Å². The second-order valence-electron chi connectivity index (χ2n) is 3.31. The molecule has 2 N–H and O–H groups in total. The molecule has 2 rings (SSSR count). The molecular weight excluding hydrogens is 231 g/mol. The molecule has 0 atom stereocenters. The molecule has 0 aromatic heterocycles. The van der Waals surface area contributed by atoms with E-state index >= 15 is 0 Å². The molecule has 2 aromatic rings. The summed E-state index contributed by atoms with van der Waals surface area (Å²) >= 11 is 0. The Morgan fingerprint density at radius 3 is 2.12 bits per heavy atom. The minimum Gasteiger partial charge on any atom is -0.452 e. The Balaban J connectivity index is 2.38. The van der Waals surface area contributed by atoms with Crippen LogP contribution in [0.2, 0.25) is 0 Å². The van der Waals surface area contributed by atoms with Crippen molar-refractivity contribution in [3.8, 4) is 11.5 Å². The van der Waals surface area contributed by atoms with E-state index in [2.05, 4.69) is 0 Å². The number of ether oxygens (including phenoxy) is 1. The molecule has 0 fully saturated rings. The molecule has 0 unspecified atom stereocenters. The van der Waals surface area contributed by atoms with Gasteiger partial charge in [0, 0.05) is 0 Å². The van der Waals surface area contributed by atoms with E-state index < -0.39 is 17.5 Å². The second-order valence-corrected chi connectivity index (χ2v) is 3.31. The predicted molar refractivity (Wildman–Crippen MR) is 57.2 cm³/mol. The van der Waals surface area contributed by atoms with Crippen molar-refractivity contribution in [3.63, 3.8) is 0 Å². The molecular formula is C12H8F3NO. The zero-order valence-corrected chi connectivity index (χ0v) is 8.58. The average molecular weight is 239 g/mol. The van der Waals surface area contributed by atoms with Crippen molar-refractivity contribution < 1.29 is 17.9 Å². The van der Waals surface area contributed by atoms with E-state index in [1.165, 1.54) is 24.3 Å². The summed E-state index contributed by atoms with van der Waals surface area (Å²) in [6.07, 6.45) is 0. The number of para-hydroxylation sites is 1. The van der Waals surface area contributed by atoms with Gasteiger partial charge in [-0.25, -0.2) is 8.78 Å². The van der Waals surface area contributed by atoms with Crippen molar-refractivity contribution in [1.82, 2.24) is 0 Å². The van der Waals surface area contributed by atoms with Gasteiger partial charge in [0.1, 0.15) is 11.5 Å². The highest BCUT2D eigenvalue weighted by atomic mass is 19.2. The fourth-order valence-electron chi connectivity index (χ4n) is 1.29. The van der Waals surface area contributed by atoms with E-state index in [4.69, 9.17) is 10.5 Å². The molecule has 5 heteroatoms. The number of hydrogen-bond donors (Lipinski definition) is 1. The summed E-state index contributed by atoms with van der Waals surface area (Å²) < 4.78 is 44.3. The van der Waals surface area contributed by atoms with Crippen molar-refractivity contribution in [2.45, 2.75) is 0 Å². The minimum absolute atomic E-state index is 0.0606. The fourth-order valence-corrected chi connectivity index (χ4v) is 1.29. The lowest BCUT2D eigenvalue weighted by atomic mass is 10.2. The maximum atomic E-state index is 13.3. The summed E-state index contributed by atoms with van der Waals surface area (Å²) in [7, 11) is 0. The van der Waals surface area contributed by atoms with Gasteiger partial charge in [-0.15, -0.1) is 0 Å². The Bertz CT molecular complexity index is 508. The van der Waals surface area contributed by atoms with Crippen LogP contribution in [-0.2, 0) is 0 Å². The van der Waals surface area contributed by atoms with Gasteiger partial charge in [0.15, 0.2) is 17.3 Å². The summed E-state index contributed by atoms with van der Waals surface area (Å²) in [6.45, 7) is 0. The van der Waals surface area contributed by atoms with Gasteiger partial charge in [-0.2, -0.15) is 4.39 Å². The van der Waals surface area contributed by atoms with E-state index in [0.29, 0.717) is 0 Å². The molecule has 0 aliphatic heterocycles. The standard InChI is InChI=1S/C12H8F3NO/c13-7-3-1-5-9(11(7)15)17-10-6-2-4-8(14)12(10)16/h1-6H,16H2. The van der Waals surface area contributed by atoms with Crippen molar-refractivity contribution in [2.75, 3.05) is 5.73 Å². The van der Waals surface area contributed by atoms with Crippen LogP contribution >= 0.6 is 0 Å². The summed E-state index contributed by atoms with van der Waals surface area (Å²) in [5.74, 6) is -3.27. The molecule has 17 heavy (non-hydrogen) atoms. The van der Waals surface area contributed by atoms with Gasteiger partial charge in [-0.1, -0.05) is 12.1 Å². The molecule has 0 saturated carbocycles. The van der Waals surface area contributed by atoms with Crippen LogP contribution in [0.25, 0.3) is 0 Å². The molecule has 0 heterocycles. The van der Waals surface area contributed by atoms with Crippen molar-refractivity contribution >= 4 is 5.69 Å². The van der Waals surface area contributed by atoms with Crippen LogP contribution in [0.5, 0.6) is 11.5 Å². The Morgan fingerprint density at radius 1 is 0.824 bits per heavy atom. The van der Waals surface area contributed by atoms with E-state index in [-0.39, 0.29) is 17.2 Å². The number of hydrogen-bond acceptors (Lipinski definition) is 2. The summed E-state index contributed by atoms with van der Waals surface area (Å²) in [4.78, 5) is 0.